The molecule has 1 amide bonds. The number of nitrogens with zero attached hydrogens (tertiary/aromatic N) is 1. The van der Waals surface area contributed by atoms with E-state index in [1.807, 2.05) is 0 Å². The third-order valence-corrected chi connectivity index (χ3v) is 5.34. The highest BCUT2D eigenvalue weighted by Gasteiger charge is 2.46. The summed E-state index contributed by atoms with van der Waals surface area (Å²) in [6.45, 7) is 0.689. The van der Waals surface area contributed by atoms with E-state index in [-0.39, 0.29) is 17.9 Å². The van der Waals surface area contributed by atoms with Crippen molar-refractivity contribution in [2.75, 3.05) is 41.6 Å². The molecule has 0 aromatic heterocycles. The van der Waals surface area contributed by atoms with Gasteiger partial charge in [-0.3, -0.25) is 9.59 Å². The molecule has 2 aromatic rings. The van der Waals surface area contributed by atoms with Gasteiger partial charge >= 0.3 is 0 Å². The number of carbonyl (C=O) groups excluding carboxylic acids is 2. The molecule has 170 valence electrons. The molecule has 0 saturated carbocycles. The van der Waals surface area contributed by atoms with Crippen molar-refractivity contribution in [2.45, 2.75) is 12.5 Å². The fourth-order valence-corrected chi connectivity index (χ4v) is 3.85. The largest absolute Gasteiger partial charge is 0.507 e. The Balaban J connectivity index is 2.22. The van der Waals surface area contributed by atoms with Crippen molar-refractivity contribution in [1.29, 1.82) is 0 Å². The Morgan fingerprint density at radius 1 is 0.969 bits per heavy atom. The zero-order valence-electron chi connectivity index (χ0n) is 18.6. The molecule has 1 unspecified atom stereocenters. The second kappa shape index (κ2) is 10.2. The van der Waals surface area contributed by atoms with Crippen LogP contribution in [0.3, 0.4) is 0 Å². The molecule has 1 N–H and O–H groups in total. The van der Waals surface area contributed by atoms with Gasteiger partial charge in [0.15, 0.2) is 11.5 Å². The molecule has 8 nitrogen and oxygen atoms in total. The maximum Gasteiger partial charge on any atom is 0.295 e. The van der Waals surface area contributed by atoms with Crippen molar-refractivity contribution in [3.63, 3.8) is 0 Å². The van der Waals surface area contributed by atoms with E-state index in [1.165, 1.54) is 26.2 Å². The van der Waals surface area contributed by atoms with Gasteiger partial charge in [0.1, 0.15) is 5.76 Å². The van der Waals surface area contributed by atoms with Gasteiger partial charge in [0.2, 0.25) is 5.75 Å². The number of amides is 1. The molecule has 0 spiro atoms. The highest BCUT2D eigenvalue weighted by molar-refractivity contribution is 6.46. The minimum Gasteiger partial charge on any atom is -0.507 e. The molecule has 1 atom stereocenters. The number of aliphatic hydroxyl groups excluding tert-OH is 1. The number of hydrogen-bond acceptors (Lipinski definition) is 7. The Labute approximate surface area is 187 Å². The van der Waals surface area contributed by atoms with Crippen LogP contribution in [0.4, 0.5) is 0 Å². The lowest BCUT2D eigenvalue weighted by Crippen LogP contribution is -2.31. The molecular formula is C24H27NO7. The van der Waals surface area contributed by atoms with Crippen LogP contribution in [0.25, 0.3) is 5.76 Å². The van der Waals surface area contributed by atoms with Crippen molar-refractivity contribution in [2.24, 2.45) is 0 Å². The highest BCUT2D eigenvalue weighted by atomic mass is 16.5. The topological polar surface area (TPSA) is 94.5 Å². The van der Waals surface area contributed by atoms with Gasteiger partial charge in [0, 0.05) is 25.8 Å². The average molecular weight is 441 g/mol. The van der Waals surface area contributed by atoms with Gasteiger partial charge in [-0.15, -0.1) is 0 Å². The fraction of sp³-hybridized carbons (Fsp3) is 0.333. The van der Waals surface area contributed by atoms with Crippen LogP contribution in [0.1, 0.15) is 23.6 Å². The van der Waals surface area contributed by atoms with Crippen LogP contribution in [0, 0.1) is 0 Å². The van der Waals surface area contributed by atoms with Crippen LogP contribution in [-0.2, 0) is 14.3 Å². The number of Topliss-reactive ketones (excluding diaryl/α,β-unsaturated/α-hetero) is 1. The van der Waals surface area contributed by atoms with Crippen LogP contribution in [0.5, 0.6) is 17.2 Å². The summed E-state index contributed by atoms with van der Waals surface area (Å²) in [7, 11) is 6.04. The molecule has 1 fully saturated rings. The van der Waals surface area contributed by atoms with E-state index >= 15 is 0 Å². The van der Waals surface area contributed by atoms with Gasteiger partial charge in [-0.05, 0) is 24.1 Å². The van der Waals surface area contributed by atoms with Crippen LogP contribution >= 0.6 is 0 Å². The zero-order chi connectivity index (χ0) is 23.3. The lowest BCUT2D eigenvalue weighted by atomic mass is 9.94. The van der Waals surface area contributed by atoms with E-state index in [9.17, 15) is 14.7 Å². The monoisotopic (exact) mass is 441 g/mol. The second-order valence-electron chi connectivity index (χ2n) is 7.16. The van der Waals surface area contributed by atoms with Gasteiger partial charge in [-0.1, -0.05) is 30.3 Å². The summed E-state index contributed by atoms with van der Waals surface area (Å²) in [5.41, 5.74) is 1.00. The molecule has 0 bridgehead atoms. The van der Waals surface area contributed by atoms with E-state index in [4.69, 9.17) is 18.9 Å². The molecule has 0 radical (unpaired) electrons. The predicted molar refractivity (Wildman–Crippen MR) is 118 cm³/mol. The standard InChI is InChI=1S/C24H27NO7/c1-29-12-8-11-25-20(16-13-17(30-2)23(32-4)18(14-16)31-3)19(22(27)24(25)28)21(26)15-9-6-5-7-10-15/h5-7,9-10,13-14,20,26H,8,11-12H2,1-4H3. The quantitative estimate of drug-likeness (QED) is 0.276. The van der Waals surface area contributed by atoms with Crippen LogP contribution in [0.2, 0.25) is 0 Å². The smallest absolute Gasteiger partial charge is 0.295 e. The molecule has 1 aliphatic rings. The highest BCUT2D eigenvalue weighted by Crippen LogP contribution is 2.45. The van der Waals surface area contributed by atoms with Gasteiger partial charge in [0.05, 0.1) is 32.9 Å². The molecule has 1 heterocycles. The minimum atomic E-state index is -0.833. The summed E-state index contributed by atoms with van der Waals surface area (Å²) < 4.78 is 21.4. The van der Waals surface area contributed by atoms with Crippen LogP contribution in [0.15, 0.2) is 48.0 Å². The molecule has 1 aliphatic heterocycles. The average Bonchev–Trinajstić information content (AvgIpc) is 3.08. The number of carbonyl (C=O) groups is 2. The number of ketones is 1. The lowest BCUT2D eigenvalue weighted by molar-refractivity contribution is -0.140. The number of methoxy groups -OCH3 is 4. The first kappa shape index (κ1) is 23.1. The first-order valence-electron chi connectivity index (χ1n) is 10.1. The zero-order valence-corrected chi connectivity index (χ0v) is 18.6. The molecule has 8 heteroatoms. The molecule has 3 rings (SSSR count). The Morgan fingerprint density at radius 2 is 1.59 bits per heavy atom. The number of rotatable bonds is 9. The van der Waals surface area contributed by atoms with Crippen LogP contribution < -0.4 is 14.2 Å². The third-order valence-electron chi connectivity index (χ3n) is 5.34. The Hall–Kier alpha value is -3.52. The van der Waals surface area contributed by atoms with Crippen molar-refractivity contribution in [1.82, 2.24) is 4.90 Å². The SMILES string of the molecule is COCCCN1C(=O)C(=O)C(=C(O)c2ccccc2)C1c1cc(OC)c(OC)c(OC)c1. The Morgan fingerprint density at radius 3 is 2.12 bits per heavy atom. The van der Waals surface area contributed by atoms with Crippen molar-refractivity contribution >= 4 is 17.4 Å². The van der Waals surface area contributed by atoms with Gasteiger partial charge in [-0.2, -0.15) is 0 Å². The van der Waals surface area contributed by atoms with Crippen molar-refractivity contribution in [3.05, 3.63) is 59.2 Å². The molecular weight excluding hydrogens is 414 g/mol. The molecule has 2 aromatic carbocycles. The molecule has 1 saturated heterocycles. The number of ether oxygens (including phenoxy) is 4. The van der Waals surface area contributed by atoms with E-state index in [0.29, 0.717) is 41.4 Å². The summed E-state index contributed by atoms with van der Waals surface area (Å²) in [6, 6.07) is 11.2. The van der Waals surface area contributed by atoms with E-state index < -0.39 is 17.7 Å². The minimum absolute atomic E-state index is 0.00731. The summed E-state index contributed by atoms with van der Waals surface area (Å²) in [6.07, 6.45) is 0.524. The van der Waals surface area contributed by atoms with Gasteiger partial charge in [-0.25, -0.2) is 0 Å². The van der Waals surface area contributed by atoms with Crippen molar-refractivity contribution < 1.29 is 33.6 Å². The molecule has 0 aliphatic carbocycles. The first-order valence-corrected chi connectivity index (χ1v) is 10.1. The fourth-order valence-electron chi connectivity index (χ4n) is 3.85. The van der Waals surface area contributed by atoms with E-state index in [0.717, 1.165) is 0 Å². The summed E-state index contributed by atoms with van der Waals surface area (Å²) in [5, 5.41) is 11.1. The maximum atomic E-state index is 13.1. The first-order chi connectivity index (χ1) is 15.5. The number of hydrogen-bond donors (Lipinski definition) is 1. The normalized spacial score (nSPS) is 17.5. The Bertz CT molecular complexity index is 991. The predicted octanol–water partition coefficient (Wildman–Crippen LogP) is 3.17. The summed E-state index contributed by atoms with van der Waals surface area (Å²) in [4.78, 5) is 27.5. The van der Waals surface area contributed by atoms with Gasteiger partial charge in [0.25, 0.3) is 11.7 Å². The lowest BCUT2D eigenvalue weighted by Gasteiger charge is -2.26. The van der Waals surface area contributed by atoms with E-state index in [1.54, 1.807) is 49.6 Å². The van der Waals surface area contributed by atoms with E-state index in [2.05, 4.69) is 0 Å². The second-order valence-corrected chi connectivity index (χ2v) is 7.16. The number of benzene rings is 2. The maximum absolute atomic E-state index is 13.1. The van der Waals surface area contributed by atoms with Gasteiger partial charge < -0.3 is 29.0 Å². The molecule has 32 heavy (non-hydrogen) atoms. The summed E-state index contributed by atoms with van der Waals surface area (Å²) >= 11 is 0. The third kappa shape index (κ3) is 4.27. The van der Waals surface area contributed by atoms with Crippen LogP contribution in [-0.4, -0.2) is 63.3 Å². The number of aliphatic hydroxyl groups is 1. The number of likely N-dealkylation sites (tertiary alicyclic amines) is 1. The summed E-state index contributed by atoms with van der Waals surface area (Å²) in [5.74, 6) is -0.525. The Kier molecular flexibility index (Phi) is 7.37. The van der Waals surface area contributed by atoms with Crippen molar-refractivity contribution in [3.8, 4) is 17.2 Å².